The first-order valence-corrected chi connectivity index (χ1v) is 8.55. The summed E-state index contributed by atoms with van der Waals surface area (Å²) in [5.41, 5.74) is 2.23. The first-order valence-electron chi connectivity index (χ1n) is 8.55. The first-order chi connectivity index (χ1) is 12.2. The zero-order chi connectivity index (χ0) is 17.2. The predicted octanol–water partition coefficient (Wildman–Crippen LogP) is 1.76. The molecule has 3 heterocycles. The van der Waals surface area contributed by atoms with Crippen LogP contribution in [-0.2, 0) is 17.7 Å². The van der Waals surface area contributed by atoms with E-state index in [1.807, 2.05) is 17.0 Å². The number of rotatable bonds is 4. The molecular formula is C18H21N3O4. The minimum absolute atomic E-state index is 0.215. The summed E-state index contributed by atoms with van der Waals surface area (Å²) in [6, 6.07) is 7.69. The van der Waals surface area contributed by atoms with Crippen molar-refractivity contribution in [3.8, 4) is 5.75 Å². The maximum absolute atomic E-state index is 12.3. The van der Waals surface area contributed by atoms with Crippen LogP contribution in [-0.4, -0.2) is 43.5 Å². The number of anilines is 1. The standard InChI is InChI=1S/C18H21N3O4/c1-12-8-14-9-13(2-3-15(14)24-12)11-19-18(22)16-10-17(20-25-16)21-4-6-23-7-5-21/h2-3,9-10,12H,4-8,11H2,1H3,(H,19,22). The van der Waals surface area contributed by atoms with Crippen LogP contribution < -0.4 is 15.0 Å². The summed E-state index contributed by atoms with van der Waals surface area (Å²) in [6.45, 7) is 5.32. The van der Waals surface area contributed by atoms with Crippen LogP contribution in [0.4, 0.5) is 5.82 Å². The highest BCUT2D eigenvalue weighted by Crippen LogP contribution is 2.29. The Kier molecular flexibility index (Phi) is 4.31. The smallest absolute Gasteiger partial charge is 0.290 e. The van der Waals surface area contributed by atoms with Gasteiger partial charge in [-0.2, -0.15) is 0 Å². The maximum atomic E-state index is 12.3. The third-order valence-electron chi connectivity index (χ3n) is 4.47. The highest BCUT2D eigenvalue weighted by atomic mass is 16.5. The zero-order valence-electron chi connectivity index (χ0n) is 14.2. The molecule has 0 saturated carbocycles. The van der Waals surface area contributed by atoms with Crippen molar-refractivity contribution in [2.45, 2.75) is 26.0 Å². The third-order valence-corrected chi connectivity index (χ3v) is 4.47. The molecular weight excluding hydrogens is 322 g/mol. The van der Waals surface area contributed by atoms with Crippen LogP contribution >= 0.6 is 0 Å². The summed E-state index contributed by atoms with van der Waals surface area (Å²) < 4.78 is 16.2. The fraction of sp³-hybridized carbons (Fsp3) is 0.444. The van der Waals surface area contributed by atoms with Crippen molar-refractivity contribution in [1.82, 2.24) is 10.5 Å². The van der Waals surface area contributed by atoms with Gasteiger partial charge in [-0.15, -0.1) is 0 Å². The largest absolute Gasteiger partial charge is 0.490 e. The molecule has 2 aliphatic rings. The summed E-state index contributed by atoms with van der Waals surface area (Å²) in [5.74, 6) is 1.57. The van der Waals surface area contributed by atoms with Crippen molar-refractivity contribution in [3.63, 3.8) is 0 Å². The van der Waals surface area contributed by atoms with Crippen LogP contribution in [0, 0.1) is 0 Å². The molecule has 1 N–H and O–H groups in total. The van der Waals surface area contributed by atoms with Crippen LogP contribution in [0.25, 0.3) is 0 Å². The van der Waals surface area contributed by atoms with Crippen molar-refractivity contribution in [2.75, 3.05) is 31.2 Å². The third kappa shape index (κ3) is 3.46. The Bertz CT molecular complexity index is 767. The molecule has 0 aliphatic carbocycles. The molecule has 4 rings (SSSR count). The second-order valence-electron chi connectivity index (χ2n) is 6.41. The van der Waals surface area contributed by atoms with E-state index in [-0.39, 0.29) is 17.8 Å². The van der Waals surface area contributed by atoms with E-state index in [9.17, 15) is 4.79 Å². The summed E-state index contributed by atoms with van der Waals surface area (Å²) in [6.07, 6.45) is 1.12. The summed E-state index contributed by atoms with van der Waals surface area (Å²) in [4.78, 5) is 14.3. The number of fused-ring (bicyclic) bond motifs is 1. The number of carbonyl (C=O) groups excluding carboxylic acids is 1. The lowest BCUT2D eigenvalue weighted by atomic mass is 10.1. The number of benzene rings is 1. The van der Waals surface area contributed by atoms with Gasteiger partial charge in [0.2, 0.25) is 5.76 Å². The van der Waals surface area contributed by atoms with Crippen molar-refractivity contribution in [1.29, 1.82) is 0 Å². The van der Waals surface area contributed by atoms with E-state index < -0.39 is 0 Å². The maximum Gasteiger partial charge on any atom is 0.290 e. The molecule has 0 spiro atoms. The SMILES string of the molecule is CC1Cc2cc(CNC(=O)c3cc(N4CCOCC4)no3)ccc2O1. The Hall–Kier alpha value is -2.54. The van der Waals surface area contributed by atoms with E-state index in [4.69, 9.17) is 14.0 Å². The van der Waals surface area contributed by atoms with Gasteiger partial charge in [0.1, 0.15) is 11.9 Å². The van der Waals surface area contributed by atoms with Crippen molar-refractivity contribution in [2.24, 2.45) is 0 Å². The van der Waals surface area contributed by atoms with Crippen LogP contribution in [0.5, 0.6) is 5.75 Å². The first kappa shape index (κ1) is 16.0. The number of carbonyl (C=O) groups is 1. The molecule has 1 aromatic carbocycles. The lowest BCUT2D eigenvalue weighted by molar-refractivity contribution is 0.0913. The van der Waals surface area contributed by atoms with E-state index in [1.165, 1.54) is 5.56 Å². The summed E-state index contributed by atoms with van der Waals surface area (Å²) in [7, 11) is 0. The van der Waals surface area contributed by atoms with E-state index >= 15 is 0 Å². The molecule has 1 fully saturated rings. The Morgan fingerprint density at radius 1 is 1.32 bits per heavy atom. The fourth-order valence-corrected chi connectivity index (χ4v) is 3.17. The molecule has 7 nitrogen and oxygen atoms in total. The van der Waals surface area contributed by atoms with Crippen molar-refractivity contribution >= 4 is 11.7 Å². The topological polar surface area (TPSA) is 76.8 Å². The molecule has 2 aromatic rings. The number of amides is 1. The Morgan fingerprint density at radius 2 is 2.16 bits per heavy atom. The van der Waals surface area contributed by atoms with Crippen LogP contribution in [0.15, 0.2) is 28.8 Å². The van der Waals surface area contributed by atoms with Gasteiger partial charge in [-0.25, -0.2) is 0 Å². The average molecular weight is 343 g/mol. The fourth-order valence-electron chi connectivity index (χ4n) is 3.17. The van der Waals surface area contributed by atoms with Crippen molar-refractivity contribution in [3.05, 3.63) is 41.2 Å². The van der Waals surface area contributed by atoms with Crippen molar-refractivity contribution < 1.29 is 18.8 Å². The lowest BCUT2D eigenvalue weighted by Crippen LogP contribution is -2.36. The molecule has 0 radical (unpaired) electrons. The number of aromatic nitrogens is 1. The van der Waals surface area contributed by atoms with Gasteiger partial charge >= 0.3 is 0 Å². The highest BCUT2D eigenvalue weighted by Gasteiger charge is 2.20. The van der Waals surface area contributed by atoms with Gasteiger partial charge < -0.3 is 24.2 Å². The number of nitrogens with one attached hydrogen (secondary N) is 1. The van der Waals surface area contributed by atoms with Gasteiger partial charge in [0.15, 0.2) is 5.82 Å². The summed E-state index contributed by atoms with van der Waals surface area (Å²) in [5, 5.41) is 6.87. The molecule has 25 heavy (non-hydrogen) atoms. The predicted molar refractivity (Wildman–Crippen MR) is 90.9 cm³/mol. The van der Waals surface area contributed by atoms with Crippen LogP contribution in [0.2, 0.25) is 0 Å². The Balaban J connectivity index is 1.36. The number of hydrogen-bond donors (Lipinski definition) is 1. The molecule has 1 amide bonds. The van der Waals surface area contributed by atoms with Gasteiger partial charge in [-0.3, -0.25) is 4.79 Å². The van der Waals surface area contributed by atoms with Gasteiger partial charge in [0.05, 0.1) is 13.2 Å². The van der Waals surface area contributed by atoms with Gasteiger partial charge in [0, 0.05) is 32.1 Å². The van der Waals surface area contributed by atoms with E-state index in [0.717, 1.165) is 30.8 Å². The number of nitrogens with zero attached hydrogens (tertiary/aromatic N) is 2. The van der Waals surface area contributed by atoms with Gasteiger partial charge in [-0.05, 0) is 24.1 Å². The minimum Gasteiger partial charge on any atom is -0.490 e. The second-order valence-corrected chi connectivity index (χ2v) is 6.41. The Morgan fingerprint density at radius 3 is 3.00 bits per heavy atom. The normalized spacial score (nSPS) is 19.4. The quantitative estimate of drug-likeness (QED) is 0.912. The molecule has 1 atom stereocenters. The zero-order valence-corrected chi connectivity index (χ0v) is 14.2. The molecule has 2 aliphatic heterocycles. The molecule has 1 unspecified atom stereocenters. The molecule has 1 saturated heterocycles. The molecule has 7 heteroatoms. The average Bonchev–Trinajstić information content (AvgIpc) is 3.26. The van der Waals surface area contributed by atoms with E-state index in [0.29, 0.717) is 25.6 Å². The molecule has 0 bridgehead atoms. The van der Waals surface area contributed by atoms with E-state index in [2.05, 4.69) is 23.5 Å². The van der Waals surface area contributed by atoms with Gasteiger partial charge in [0.25, 0.3) is 5.91 Å². The van der Waals surface area contributed by atoms with Crippen LogP contribution in [0.1, 0.15) is 28.6 Å². The number of ether oxygens (including phenoxy) is 2. The minimum atomic E-state index is -0.267. The highest BCUT2D eigenvalue weighted by molar-refractivity contribution is 5.92. The second kappa shape index (κ2) is 6.76. The monoisotopic (exact) mass is 343 g/mol. The number of hydrogen-bond acceptors (Lipinski definition) is 6. The van der Waals surface area contributed by atoms with E-state index in [1.54, 1.807) is 6.07 Å². The number of morpholine rings is 1. The van der Waals surface area contributed by atoms with Crippen LogP contribution in [0.3, 0.4) is 0 Å². The lowest BCUT2D eigenvalue weighted by Gasteiger charge is -2.25. The summed E-state index contributed by atoms with van der Waals surface area (Å²) >= 11 is 0. The Labute approximate surface area is 145 Å². The molecule has 1 aromatic heterocycles. The van der Waals surface area contributed by atoms with Gasteiger partial charge in [-0.1, -0.05) is 17.3 Å². The molecule has 132 valence electrons.